The van der Waals surface area contributed by atoms with E-state index in [1.807, 2.05) is 24.3 Å². The Morgan fingerprint density at radius 1 is 1.53 bits per heavy atom. The van der Waals surface area contributed by atoms with Crippen LogP contribution in [0.4, 0.5) is 0 Å². The topological polar surface area (TPSA) is 38.3 Å². The van der Waals surface area contributed by atoms with Crippen LogP contribution < -0.4 is 10.1 Å². The van der Waals surface area contributed by atoms with Crippen molar-refractivity contribution >= 4 is 5.78 Å². The van der Waals surface area contributed by atoms with Crippen LogP contribution in [0.2, 0.25) is 0 Å². The Bertz CT molecular complexity index is 384. The number of Topliss-reactive ketones (excluding diaryl/α,β-unsaturated/α-hetero) is 1. The molecule has 0 saturated carbocycles. The zero-order valence-electron chi connectivity index (χ0n) is 10.2. The van der Waals surface area contributed by atoms with E-state index < -0.39 is 0 Å². The molecule has 0 amide bonds. The van der Waals surface area contributed by atoms with Gasteiger partial charge in [-0.3, -0.25) is 4.79 Å². The summed E-state index contributed by atoms with van der Waals surface area (Å²) in [6.45, 7) is 2.16. The molecule has 0 aliphatic carbocycles. The average Bonchev–Trinajstić information content (AvgIpc) is 2.89. The third-order valence-corrected chi connectivity index (χ3v) is 3.33. The number of benzene rings is 1. The summed E-state index contributed by atoms with van der Waals surface area (Å²) in [5, 5.41) is 3.32. The molecule has 0 bridgehead atoms. The lowest BCUT2D eigenvalue weighted by Crippen LogP contribution is -2.10. The van der Waals surface area contributed by atoms with Gasteiger partial charge in [0.15, 0.2) is 5.78 Å². The molecule has 1 aromatic rings. The van der Waals surface area contributed by atoms with Crippen LogP contribution in [0.25, 0.3) is 0 Å². The van der Waals surface area contributed by atoms with Crippen LogP contribution in [0.3, 0.4) is 0 Å². The standard InChI is InChI=1S/C14H19NO2/c1-17-13-4-2-3-12(9-13)14(16)6-5-11-7-8-15-10-11/h2-4,9,11,15H,5-8,10H2,1H3. The molecular formula is C14H19NO2. The second-order valence-corrected chi connectivity index (χ2v) is 4.55. The highest BCUT2D eigenvalue weighted by molar-refractivity contribution is 5.96. The molecule has 1 heterocycles. The summed E-state index contributed by atoms with van der Waals surface area (Å²) in [6.07, 6.45) is 2.83. The van der Waals surface area contributed by atoms with Gasteiger partial charge in [0.2, 0.25) is 0 Å². The number of hydrogen-bond donors (Lipinski definition) is 1. The van der Waals surface area contributed by atoms with Crippen molar-refractivity contribution in [1.29, 1.82) is 0 Å². The Morgan fingerprint density at radius 2 is 2.41 bits per heavy atom. The predicted octanol–water partition coefficient (Wildman–Crippen LogP) is 2.27. The molecule has 3 heteroatoms. The van der Waals surface area contributed by atoms with Crippen LogP contribution in [0, 0.1) is 5.92 Å². The monoisotopic (exact) mass is 233 g/mol. The summed E-state index contributed by atoms with van der Waals surface area (Å²) in [6, 6.07) is 7.40. The molecule has 1 fully saturated rings. The fraction of sp³-hybridized carbons (Fsp3) is 0.500. The fourth-order valence-corrected chi connectivity index (χ4v) is 2.24. The number of carbonyl (C=O) groups excluding carboxylic acids is 1. The Hall–Kier alpha value is -1.35. The van der Waals surface area contributed by atoms with E-state index in [0.717, 1.165) is 30.8 Å². The maximum absolute atomic E-state index is 12.0. The minimum atomic E-state index is 0.218. The SMILES string of the molecule is COc1cccc(C(=O)CCC2CCNC2)c1. The van der Waals surface area contributed by atoms with Gasteiger partial charge in [0.05, 0.1) is 7.11 Å². The van der Waals surface area contributed by atoms with Gasteiger partial charge < -0.3 is 10.1 Å². The van der Waals surface area contributed by atoms with Crippen molar-refractivity contribution in [3.63, 3.8) is 0 Å². The molecular weight excluding hydrogens is 214 g/mol. The van der Waals surface area contributed by atoms with E-state index in [2.05, 4.69) is 5.32 Å². The maximum atomic E-state index is 12.0. The highest BCUT2D eigenvalue weighted by atomic mass is 16.5. The minimum absolute atomic E-state index is 0.218. The summed E-state index contributed by atoms with van der Waals surface area (Å²) in [5.41, 5.74) is 0.760. The van der Waals surface area contributed by atoms with Crippen molar-refractivity contribution in [3.05, 3.63) is 29.8 Å². The molecule has 1 atom stereocenters. The van der Waals surface area contributed by atoms with Gasteiger partial charge in [0.25, 0.3) is 0 Å². The van der Waals surface area contributed by atoms with Crippen LogP contribution in [-0.2, 0) is 0 Å². The largest absolute Gasteiger partial charge is 0.497 e. The Kier molecular flexibility index (Phi) is 4.15. The van der Waals surface area contributed by atoms with E-state index in [9.17, 15) is 4.79 Å². The van der Waals surface area contributed by atoms with E-state index in [0.29, 0.717) is 12.3 Å². The second kappa shape index (κ2) is 5.82. The molecule has 1 N–H and O–H groups in total. The van der Waals surface area contributed by atoms with Crippen molar-refractivity contribution < 1.29 is 9.53 Å². The first-order chi connectivity index (χ1) is 8.29. The average molecular weight is 233 g/mol. The number of nitrogens with one attached hydrogen (secondary N) is 1. The van der Waals surface area contributed by atoms with Crippen LogP contribution in [-0.4, -0.2) is 26.0 Å². The maximum Gasteiger partial charge on any atom is 0.163 e. The summed E-state index contributed by atoms with van der Waals surface area (Å²) < 4.78 is 5.12. The lowest BCUT2D eigenvalue weighted by Gasteiger charge is -2.07. The minimum Gasteiger partial charge on any atom is -0.497 e. The smallest absolute Gasteiger partial charge is 0.163 e. The first kappa shape index (κ1) is 12.1. The van der Waals surface area contributed by atoms with Crippen molar-refractivity contribution in [3.8, 4) is 5.75 Å². The lowest BCUT2D eigenvalue weighted by atomic mass is 9.98. The Morgan fingerprint density at radius 3 is 3.12 bits per heavy atom. The molecule has 92 valence electrons. The molecule has 0 spiro atoms. The fourth-order valence-electron chi connectivity index (χ4n) is 2.24. The van der Waals surface area contributed by atoms with Gasteiger partial charge in [-0.05, 0) is 44.0 Å². The molecule has 1 saturated heterocycles. The van der Waals surface area contributed by atoms with Crippen LogP contribution >= 0.6 is 0 Å². The van der Waals surface area contributed by atoms with Gasteiger partial charge >= 0.3 is 0 Å². The number of hydrogen-bond acceptors (Lipinski definition) is 3. The number of ether oxygens (including phenoxy) is 1. The van der Waals surface area contributed by atoms with Gasteiger partial charge in [-0.1, -0.05) is 12.1 Å². The normalized spacial score (nSPS) is 19.2. The first-order valence-electron chi connectivity index (χ1n) is 6.17. The molecule has 0 aromatic heterocycles. The van der Waals surface area contributed by atoms with E-state index in [1.165, 1.54) is 6.42 Å². The van der Waals surface area contributed by atoms with Crippen molar-refractivity contribution in [2.75, 3.05) is 20.2 Å². The Labute approximate surface area is 102 Å². The molecule has 2 rings (SSSR count). The van der Waals surface area contributed by atoms with Gasteiger partial charge in [-0.15, -0.1) is 0 Å². The zero-order chi connectivity index (χ0) is 12.1. The highest BCUT2D eigenvalue weighted by Gasteiger charge is 2.16. The highest BCUT2D eigenvalue weighted by Crippen LogP contribution is 2.18. The summed E-state index contributed by atoms with van der Waals surface area (Å²) >= 11 is 0. The van der Waals surface area contributed by atoms with Gasteiger partial charge in [0.1, 0.15) is 5.75 Å². The summed E-state index contributed by atoms with van der Waals surface area (Å²) in [4.78, 5) is 12.0. The van der Waals surface area contributed by atoms with Gasteiger partial charge in [-0.25, -0.2) is 0 Å². The molecule has 1 aromatic carbocycles. The molecule has 0 radical (unpaired) electrons. The second-order valence-electron chi connectivity index (χ2n) is 4.55. The van der Waals surface area contributed by atoms with Crippen molar-refractivity contribution in [2.24, 2.45) is 5.92 Å². The van der Waals surface area contributed by atoms with Crippen molar-refractivity contribution in [1.82, 2.24) is 5.32 Å². The molecule has 1 aliphatic rings. The molecule has 17 heavy (non-hydrogen) atoms. The third-order valence-electron chi connectivity index (χ3n) is 3.33. The number of ketones is 1. The quantitative estimate of drug-likeness (QED) is 0.793. The number of rotatable bonds is 5. The van der Waals surface area contributed by atoms with E-state index >= 15 is 0 Å². The van der Waals surface area contributed by atoms with Crippen LogP contribution in [0.1, 0.15) is 29.6 Å². The molecule has 1 unspecified atom stereocenters. The zero-order valence-corrected chi connectivity index (χ0v) is 10.2. The van der Waals surface area contributed by atoms with Gasteiger partial charge in [0, 0.05) is 12.0 Å². The van der Waals surface area contributed by atoms with E-state index in [4.69, 9.17) is 4.74 Å². The predicted molar refractivity (Wildman–Crippen MR) is 67.5 cm³/mol. The molecule has 3 nitrogen and oxygen atoms in total. The summed E-state index contributed by atoms with van der Waals surface area (Å²) in [5.74, 6) is 1.64. The number of carbonyl (C=O) groups is 1. The third kappa shape index (κ3) is 3.30. The van der Waals surface area contributed by atoms with Crippen molar-refractivity contribution in [2.45, 2.75) is 19.3 Å². The summed E-state index contributed by atoms with van der Waals surface area (Å²) in [7, 11) is 1.62. The molecule has 1 aliphatic heterocycles. The first-order valence-corrected chi connectivity index (χ1v) is 6.17. The number of methoxy groups -OCH3 is 1. The lowest BCUT2D eigenvalue weighted by molar-refractivity contribution is 0.0974. The van der Waals surface area contributed by atoms with E-state index in [1.54, 1.807) is 7.11 Å². The van der Waals surface area contributed by atoms with Crippen LogP contribution in [0.15, 0.2) is 24.3 Å². The van der Waals surface area contributed by atoms with Crippen LogP contribution in [0.5, 0.6) is 5.75 Å². The van der Waals surface area contributed by atoms with Gasteiger partial charge in [-0.2, -0.15) is 0 Å². The van der Waals surface area contributed by atoms with E-state index in [-0.39, 0.29) is 5.78 Å². The Balaban J connectivity index is 1.89.